The molecule has 0 aromatic carbocycles. The number of hydrogen-bond donors (Lipinski definition) is 2. The van der Waals surface area contributed by atoms with Gasteiger partial charge in [-0.15, -0.1) is 0 Å². The molecule has 15 heavy (non-hydrogen) atoms. The van der Waals surface area contributed by atoms with Crippen LogP contribution in [0.4, 0.5) is 0 Å². The summed E-state index contributed by atoms with van der Waals surface area (Å²) < 4.78 is 5.29. The first-order valence-electron chi connectivity index (χ1n) is 5.62. The summed E-state index contributed by atoms with van der Waals surface area (Å²) in [6.07, 6.45) is 3.62. The monoisotopic (exact) mass is 231 g/mol. The number of morpholine rings is 1. The molecule has 1 rings (SSSR count). The molecule has 0 radical (unpaired) electrons. The molecule has 3 N–H and O–H groups in total. The largest absolute Gasteiger partial charge is 0.379 e. The molecular formula is C10H21N3OS. The summed E-state index contributed by atoms with van der Waals surface area (Å²) in [6, 6.07) is 0. The Labute approximate surface area is 97.1 Å². The van der Waals surface area contributed by atoms with Gasteiger partial charge in [-0.2, -0.15) is 0 Å². The second-order valence-electron chi connectivity index (χ2n) is 3.81. The topological polar surface area (TPSA) is 50.5 Å². The van der Waals surface area contributed by atoms with E-state index in [4.69, 9.17) is 22.7 Å². The molecular weight excluding hydrogens is 210 g/mol. The lowest BCUT2D eigenvalue weighted by Gasteiger charge is -2.26. The molecule has 1 aliphatic rings. The normalized spacial score (nSPS) is 17.6. The van der Waals surface area contributed by atoms with Gasteiger partial charge in [-0.3, -0.25) is 4.90 Å². The highest BCUT2D eigenvalue weighted by Gasteiger charge is 2.08. The molecule has 5 heteroatoms. The van der Waals surface area contributed by atoms with Gasteiger partial charge in [0.15, 0.2) is 5.11 Å². The molecule has 0 spiro atoms. The zero-order chi connectivity index (χ0) is 10.9. The van der Waals surface area contributed by atoms with E-state index in [0.29, 0.717) is 5.11 Å². The first-order valence-corrected chi connectivity index (χ1v) is 6.03. The van der Waals surface area contributed by atoms with Crippen LogP contribution in [0.3, 0.4) is 0 Å². The molecule has 0 unspecified atom stereocenters. The van der Waals surface area contributed by atoms with Crippen molar-refractivity contribution in [2.75, 3.05) is 39.4 Å². The molecule has 0 aromatic heterocycles. The summed E-state index contributed by atoms with van der Waals surface area (Å²) in [7, 11) is 0. The fourth-order valence-corrected chi connectivity index (χ4v) is 1.78. The quantitative estimate of drug-likeness (QED) is 0.509. The molecule has 0 saturated carbocycles. The van der Waals surface area contributed by atoms with Crippen molar-refractivity contribution in [1.82, 2.24) is 10.2 Å². The highest BCUT2D eigenvalue weighted by molar-refractivity contribution is 7.80. The van der Waals surface area contributed by atoms with Gasteiger partial charge in [0.2, 0.25) is 0 Å². The Balaban J connectivity index is 1.85. The average Bonchev–Trinajstić information content (AvgIpc) is 2.24. The molecule has 1 fully saturated rings. The third-order valence-corrected chi connectivity index (χ3v) is 2.70. The molecule has 88 valence electrons. The maximum absolute atomic E-state index is 5.32. The molecule has 0 bridgehead atoms. The van der Waals surface area contributed by atoms with Crippen molar-refractivity contribution in [3.8, 4) is 0 Å². The van der Waals surface area contributed by atoms with Crippen molar-refractivity contribution in [2.45, 2.75) is 19.3 Å². The maximum atomic E-state index is 5.32. The Bertz CT molecular complexity index is 184. The van der Waals surface area contributed by atoms with E-state index in [2.05, 4.69) is 10.2 Å². The highest BCUT2D eigenvalue weighted by atomic mass is 32.1. The Hall–Kier alpha value is -0.390. The van der Waals surface area contributed by atoms with Gasteiger partial charge < -0.3 is 15.8 Å². The number of nitrogens with zero attached hydrogens (tertiary/aromatic N) is 1. The summed E-state index contributed by atoms with van der Waals surface area (Å²) >= 11 is 4.72. The molecule has 0 amide bonds. The van der Waals surface area contributed by atoms with Crippen molar-refractivity contribution < 1.29 is 4.74 Å². The fraction of sp³-hybridized carbons (Fsp3) is 0.900. The van der Waals surface area contributed by atoms with E-state index in [0.717, 1.165) is 39.3 Å². The second kappa shape index (κ2) is 7.84. The Kier molecular flexibility index (Phi) is 6.63. The lowest BCUT2D eigenvalue weighted by Crippen LogP contribution is -2.36. The number of rotatable bonds is 6. The molecule has 0 aliphatic carbocycles. The summed E-state index contributed by atoms with van der Waals surface area (Å²) in [5, 5.41) is 3.37. The van der Waals surface area contributed by atoms with E-state index in [1.807, 2.05) is 0 Å². The third-order valence-electron chi connectivity index (χ3n) is 2.55. The Morgan fingerprint density at radius 2 is 2.00 bits per heavy atom. The predicted octanol–water partition coefficient (Wildman–Crippen LogP) is 0.322. The van der Waals surface area contributed by atoms with Crippen LogP contribution >= 0.6 is 12.2 Å². The van der Waals surface area contributed by atoms with E-state index in [1.54, 1.807) is 0 Å². The van der Waals surface area contributed by atoms with Gasteiger partial charge in [0.1, 0.15) is 0 Å². The van der Waals surface area contributed by atoms with Crippen LogP contribution in [0.1, 0.15) is 19.3 Å². The van der Waals surface area contributed by atoms with Gasteiger partial charge in [-0.05, 0) is 31.6 Å². The van der Waals surface area contributed by atoms with Crippen LogP contribution in [-0.2, 0) is 4.74 Å². The van der Waals surface area contributed by atoms with Crippen LogP contribution in [-0.4, -0.2) is 49.4 Å². The first-order chi connectivity index (χ1) is 7.29. The Morgan fingerprint density at radius 1 is 1.27 bits per heavy atom. The Morgan fingerprint density at radius 3 is 2.67 bits per heavy atom. The van der Waals surface area contributed by atoms with Gasteiger partial charge in [0.25, 0.3) is 0 Å². The highest BCUT2D eigenvalue weighted by Crippen LogP contribution is 2.01. The second-order valence-corrected chi connectivity index (χ2v) is 4.25. The van der Waals surface area contributed by atoms with E-state index in [9.17, 15) is 0 Å². The smallest absolute Gasteiger partial charge is 0.163 e. The standard InChI is InChI=1S/C10H21N3OS/c11-10(15)12-4-2-1-3-5-13-6-8-14-9-7-13/h1-9H2,(H3,11,12,15). The van der Waals surface area contributed by atoms with Crippen LogP contribution in [0.2, 0.25) is 0 Å². The van der Waals surface area contributed by atoms with Crippen molar-refractivity contribution in [1.29, 1.82) is 0 Å². The maximum Gasteiger partial charge on any atom is 0.163 e. The number of hydrogen-bond acceptors (Lipinski definition) is 3. The van der Waals surface area contributed by atoms with Crippen LogP contribution in [0.15, 0.2) is 0 Å². The summed E-state index contributed by atoms with van der Waals surface area (Å²) in [5.41, 5.74) is 5.32. The zero-order valence-corrected chi connectivity index (χ0v) is 10.0. The van der Waals surface area contributed by atoms with Crippen LogP contribution < -0.4 is 11.1 Å². The number of unbranched alkanes of at least 4 members (excludes halogenated alkanes) is 2. The summed E-state index contributed by atoms with van der Waals surface area (Å²) in [4.78, 5) is 2.46. The SMILES string of the molecule is NC(=S)NCCCCCN1CCOCC1. The van der Waals surface area contributed by atoms with Crippen LogP contribution in [0.25, 0.3) is 0 Å². The average molecular weight is 231 g/mol. The number of nitrogens with two attached hydrogens (primary N) is 1. The lowest BCUT2D eigenvalue weighted by atomic mass is 10.2. The molecule has 4 nitrogen and oxygen atoms in total. The number of thiocarbonyl (C=S) groups is 1. The van der Waals surface area contributed by atoms with E-state index >= 15 is 0 Å². The first kappa shape index (κ1) is 12.7. The minimum absolute atomic E-state index is 0.406. The zero-order valence-electron chi connectivity index (χ0n) is 9.21. The lowest BCUT2D eigenvalue weighted by molar-refractivity contribution is 0.0371. The summed E-state index contributed by atoms with van der Waals surface area (Å²) in [5.74, 6) is 0. The minimum atomic E-state index is 0.406. The van der Waals surface area contributed by atoms with E-state index < -0.39 is 0 Å². The van der Waals surface area contributed by atoms with Crippen molar-refractivity contribution in [2.24, 2.45) is 5.73 Å². The van der Waals surface area contributed by atoms with Gasteiger partial charge >= 0.3 is 0 Å². The summed E-state index contributed by atoms with van der Waals surface area (Å²) in [6.45, 7) is 6.05. The molecule has 1 heterocycles. The molecule has 0 atom stereocenters. The third kappa shape index (κ3) is 6.65. The number of nitrogens with one attached hydrogen (secondary N) is 1. The van der Waals surface area contributed by atoms with Gasteiger partial charge in [0.05, 0.1) is 13.2 Å². The molecule has 0 aromatic rings. The van der Waals surface area contributed by atoms with Crippen LogP contribution in [0.5, 0.6) is 0 Å². The van der Waals surface area contributed by atoms with E-state index in [-0.39, 0.29) is 0 Å². The van der Waals surface area contributed by atoms with Crippen molar-refractivity contribution >= 4 is 17.3 Å². The minimum Gasteiger partial charge on any atom is -0.379 e. The van der Waals surface area contributed by atoms with Gasteiger partial charge in [-0.1, -0.05) is 6.42 Å². The van der Waals surface area contributed by atoms with Gasteiger partial charge in [0, 0.05) is 19.6 Å². The van der Waals surface area contributed by atoms with Crippen molar-refractivity contribution in [3.05, 3.63) is 0 Å². The van der Waals surface area contributed by atoms with Crippen molar-refractivity contribution in [3.63, 3.8) is 0 Å². The van der Waals surface area contributed by atoms with Gasteiger partial charge in [-0.25, -0.2) is 0 Å². The predicted molar refractivity (Wildman–Crippen MR) is 65.9 cm³/mol. The fourth-order valence-electron chi connectivity index (χ4n) is 1.67. The van der Waals surface area contributed by atoms with Crippen LogP contribution in [0, 0.1) is 0 Å². The molecule has 1 aliphatic heterocycles. The van der Waals surface area contributed by atoms with E-state index in [1.165, 1.54) is 19.4 Å². The molecule has 1 saturated heterocycles. The number of ether oxygens (including phenoxy) is 1.